The SMILES string of the molecule is COC(=O)C[C@H](NC(=O)c1csc(-c2cccc(OC)c2OC)n1)c1cccs1. The second-order valence-corrected chi connectivity index (χ2v) is 7.74. The van der Waals surface area contributed by atoms with Crippen LogP contribution in [-0.4, -0.2) is 38.2 Å². The highest BCUT2D eigenvalue weighted by atomic mass is 32.1. The number of thiazole rings is 1. The van der Waals surface area contributed by atoms with Crippen LogP contribution in [0.15, 0.2) is 41.1 Å². The maximum atomic E-state index is 12.8. The molecular weight excluding hydrogens is 412 g/mol. The van der Waals surface area contributed by atoms with Crippen molar-refractivity contribution in [3.63, 3.8) is 0 Å². The standard InChI is InChI=1S/C20H20N2O5S2/c1-25-15-7-4-6-12(18(15)27-3)20-22-14(11-29-20)19(24)21-13(10-17(23)26-2)16-8-5-9-28-16/h4-9,11,13H,10H2,1-3H3,(H,21,24)/t13-/m0/s1. The molecule has 2 aromatic heterocycles. The van der Waals surface area contributed by atoms with Crippen molar-refractivity contribution in [3.8, 4) is 22.1 Å². The summed E-state index contributed by atoms with van der Waals surface area (Å²) in [5, 5.41) is 7.07. The molecule has 9 heteroatoms. The minimum Gasteiger partial charge on any atom is -0.493 e. The Bertz CT molecular complexity index is 985. The number of carbonyl (C=O) groups excluding carboxylic acids is 2. The molecule has 1 amide bonds. The fourth-order valence-corrected chi connectivity index (χ4v) is 4.35. The maximum Gasteiger partial charge on any atom is 0.307 e. The molecule has 7 nitrogen and oxygen atoms in total. The fourth-order valence-electron chi connectivity index (χ4n) is 2.75. The fraction of sp³-hybridized carbons (Fsp3) is 0.250. The van der Waals surface area contributed by atoms with Crippen LogP contribution in [0.25, 0.3) is 10.6 Å². The molecule has 0 fully saturated rings. The van der Waals surface area contributed by atoms with Crippen molar-refractivity contribution in [3.05, 3.63) is 51.7 Å². The molecule has 2 heterocycles. The van der Waals surface area contributed by atoms with Gasteiger partial charge in [-0.3, -0.25) is 9.59 Å². The van der Waals surface area contributed by atoms with Crippen molar-refractivity contribution in [1.29, 1.82) is 0 Å². The van der Waals surface area contributed by atoms with Gasteiger partial charge < -0.3 is 19.5 Å². The Hall–Kier alpha value is -2.91. The van der Waals surface area contributed by atoms with E-state index >= 15 is 0 Å². The second kappa shape index (κ2) is 9.53. The van der Waals surface area contributed by atoms with Gasteiger partial charge in [-0.15, -0.1) is 22.7 Å². The van der Waals surface area contributed by atoms with E-state index in [-0.39, 0.29) is 18.0 Å². The van der Waals surface area contributed by atoms with Gasteiger partial charge in [0.2, 0.25) is 0 Å². The summed E-state index contributed by atoms with van der Waals surface area (Å²) in [5.41, 5.74) is 1.00. The molecular formula is C20H20N2O5S2. The molecule has 0 unspecified atom stereocenters. The number of carbonyl (C=O) groups is 2. The average Bonchev–Trinajstić information content (AvgIpc) is 3.44. The van der Waals surface area contributed by atoms with Crippen LogP contribution >= 0.6 is 22.7 Å². The monoisotopic (exact) mass is 432 g/mol. The van der Waals surface area contributed by atoms with Crippen LogP contribution in [-0.2, 0) is 9.53 Å². The van der Waals surface area contributed by atoms with E-state index in [9.17, 15) is 9.59 Å². The molecule has 0 aliphatic carbocycles. The molecule has 0 bridgehead atoms. The van der Waals surface area contributed by atoms with Crippen LogP contribution in [0.3, 0.4) is 0 Å². The van der Waals surface area contributed by atoms with Crippen LogP contribution in [0.4, 0.5) is 0 Å². The van der Waals surface area contributed by atoms with Crippen molar-refractivity contribution < 1.29 is 23.8 Å². The molecule has 0 spiro atoms. The number of amides is 1. The van der Waals surface area contributed by atoms with Crippen LogP contribution in [0.1, 0.15) is 27.8 Å². The maximum absolute atomic E-state index is 12.8. The molecule has 0 saturated heterocycles. The molecule has 29 heavy (non-hydrogen) atoms. The second-order valence-electron chi connectivity index (χ2n) is 5.90. The number of nitrogens with one attached hydrogen (secondary N) is 1. The zero-order valence-electron chi connectivity index (χ0n) is 16.1. The van der Waals surface area contributed by atoms with E-state index in [0.717, 1.165) is 10.4 Å². The summed E-state index contributed by atoms with van der Waals surface area (Å²) in [5.74, 6) is 0.376. The molecule has 0 aliphatic rings. The quantitative estimate of drug-likeness (QED) is 0.543. The van der Waals surface area contributed by atoms with Gasteiger partial charge in [-0.2, -0.15) is 0 Å². The van der Waals surface area contributed by atoms with E-state index in [2.05, 4.69) is 10.3 Å². The molecule has 0 saturated carbocycles. The number of methoxy groups -OCH3 is 3. The van der Waals surface area contributed by atoms with Crippen molar-refractivity contribution in [2.24, 2.45) is 0 Å². The summed E-state index contributed by atoms with van der Waals surface area (Å²) in [4.78, 5) is 29.8. The number of thiophene rings is 1. The molecule has 0 radical (unpaired) electrons. The molecule has 3 aromatic rings. The first-order chi connectivity index (χ1) is 14.1. The third-order valence-corrected chi connectivity index (χ3v) is 6.02. The lowest BCUT2D eigenvalue weighted by molar-refractivity contribution is -0.141. The van der Waals surface area contributed by atoms with Crippen molar-refractivity contribution in [2.75, 3.05) is 21.3 Å². The summed E-state index contributed by atoms with van der Waals surface area (Å²) >= 11 is 2.79. The number of para-hydroxylation sites is 1. The van der Waals surface area contributed by atoms with Crippen LogP contribution < -0.4 is 14.8 Å². The van der Waals surface area contributed by atoms with E-state index in [1.807, 2.05) is 29.6 Å². The van der Waals surface area contributed by atoms with E-state index < -0.39 is 12.0 Å². The van der Waals surface area contributed by atoms with Gasteiger partial charge in [0.25, 0.3) is 5.91 Å². The average molecular weight is 433 g/mol. The molecule has 3 rings (SSSR count). The number of hydrogen-bond donors (Lipinski definition) is 1. The van der Waals surface area contributed by atoms with Crippen LogP contribution in [0.5, 0.6) is 11.5 Å². The van der Waals surface area contributed by atoms with Gasteiger partial charge in [-0.05, 0) is 23.6 Å². The zero-order chi connectivity index (χ0) is 20.8. The molecule has 1 aromatic carbocycles. The van der Waals surface area contributed by atoms with Crippen molar-refractivity contribution in [1.82, 2.24) is 10.3 Å². The Morgan fingerprint density at radius 3 is 2.59 bits per heavy atom. The summed E-state index contributed by atoms with van der Waals surface area (Å²) in [6.07, 6.45) is 0.0451. The summed E-state index contributed by atoms with van der Waals surface area (Å²) in [7, 11) is 4.44. The number of rotatable bonds is 8. The molecule has 152 valence electrons. The first-order valence-corrected chi connectivity index (χ1v) is 10.4. The lowest BCUT2D eigenvalue weighted by Gasteiger charge is -2.15. The molecule has 0 aliphatic heterocycles. The largest absolute Gasteiger partial charge is 0.493 e. The molecule has 1 N–H and O–H groups in total. The lowest BCUT2D eigenvalue weighted by atomic mass is 10.1. The van der Waals surface area contributed by atoms with E-state index in [0.29, 0.717) is 16.5 Å². The topological polar surface area (TPSA) is 86.8 Å². The normalized spacial score (nSPS) is 11.6. The molecule has 1 atom stereocenters. The predicted octanol–water partition coefficient (Wildman–Crippen LogP) is 3.92. The van der Waals surface area contributed by atoms with E-state index in [1.54, 1.807) is 25.7 Å². The van der Waals surface area contributed by atoms with Gasteiger partial charge in [0, 0.05) is 10.3 Å². The van der Waals surface area contributed by atoms with Gasteiger partial charge in [-0.25, -0.2) is 4.98 Å². The predicted molar refractivity (Wildman–Crippen MR) is 112 cm³/mol. The first-order valence-electron chi connectivity index (χ1n) is 8.65. The van der Waals surface area contributed by atoms with E-state index in [4.69, 9.17) is 14.2 Å². The Morgan fingerprint density at radius 1 is 1.10 bits per heavy atom. The van der Waals surface area contributed by atoms with Gasteiger partial charge >= 0.3 is 5.97 Å². The first kappa shape index (κ1) is 20.8. The minimum absolute atomic E-state index is 0.0451. The highest BCUT2D eigenvalue weighted by molar-refractivity contribution is 7.13. The van der Waals surface area contributed by atoms with E-state index in [1.165, 1.54) is 29.8 Å². The Balaban J connectivity index is 1.83. The number of nitrogens with zero attached hydrogens (tertiary/aromatic N) is 1. The van der Waals surface area contributed by atoms with Crippen molar-refractivity contribution >= 4 is 34.6 Å². The highest BCUT2D eigenvalue weighted by Gasteiger charge is 2.23. The minimum atomic E-state index is -0.480. The number of hydrogen-bond acceptors (Lipinski definition) is 8. The van der Waals surface area contributed by atoms with Gasteiger partial charge in [0.1, 0.15) is 10.7 Å². The number of benzene rings is 1. The number of aromatic nitrogens is 1. The Morgan fingerprint density at radius 2 is 1.93 bits per heavy atom. The summed E-state index contributed by atoms with van der Waals surface area (Å²) < 4.78 is 15.5. The van der Waals surface area contributed by atoms with Gasteiger partial charge in [0.15, 0.2) is 11.5 Å². The smallest absolute Gasteiger partial charge is 0.307 e. The lowest BCUT2D eigenvalue weighted by Crippen LogP contribution is -2.30. The summed E-state index contributed by atoms with van der Waals surface area (Å²) in [6.45, 7) is 0. The number of esters is 1. The summed E-state index contributed by atoms with van der Waals surface area (Å²) in [6, 6.07) is 8.74. The zero-order valence-corrected chi connectivity index (χ0v) is 17.8. The third-order valence-electron chi connectivity index (χ3n) is 4.16. The third kappa shape index (κ3) is 4.75. The van der Waals surface area contributed by atoms with Crippen molar-refractivity contribution in [2.45, 2.75) is 12.5 Å². The Kier molecular flexibility index (Phi) is 6.84. The van der Waals surface area contributed by atoms with Crippen LogP contribution in [0.2, 0.25) is 0 Å². The van der Waals surface area contributed by atoms with Crippen LogP contribution in [0, 0.1) is 0 Å². The van der Waals surface area contributed by atoms with Gasteiger partial charge in [-0.1, -0.05) is 12.1 Å². The van der Waals surface area contributed by atoms with Gasteiger partial charge in [0.05, 0.1) is 39.4 Å². The number of ether oxygens (including phenoxy) is 3. The highest BCUT2D eigenvalue weighted by Crippen LogP contribution is 2.39. The Labute approximate surface area is 176 Å².